The Bertz CT molecular complexity index is 508. The third-order valence-electron chi connectivity index (χ3n) is 4.42. The molecule has 1 aromatic carbocycles. The summed E-state index contributed by atoms with van der Waals surface area (Å²) >= 11 is 0. The van der Waals surface area contributed by atoms with Crippen LogP contribution in [0.4, 0.5) is 4.39 Å². The summed E-state index contributed by atoms with van der Waals surface area (Å²) in [4.78, 5) is 0. The van der Waals surface area contributed by atoms with Crippen LogP contribution in [0, 0.1) is 35.4 Å². The molecule has 0 amide bonds. The van der Waals surface area contributed by atoms with Gasteiger partial charge in [0.1, 0.15) is 11.9 Å². The fourth-order valence-corrected chi connectivity index (χ4v) is 3.11. The quantitative estimate of drug-likeness (QED) is 0.897. The van der Waals surface area contributed by atoms with Crippen LogP contribution >= 0.6 is 0 Å². The molecule has 0 aliphatic heterocycles. The van der Waals surface area contributed by atoms with Crippen LogP contribution in [-0.2, 0) is 0 Å². The lowest BCUT2D eigenvalue weighted by molar-refractivity contribution is 0.0609. The Morgan fingerprint density at radius 1 is 1.58 bits per heavy atom. The molecular formula is C16H20FNO. The first kappa shape index (κ1) is 14.0. The number of benzene rings is 1. The number of nitriles is 1. The molecule has 0 heterocycles. The van der Waals surface area contributed by atoms with E-state index in [0.717, 1.165) is 18.4 Å². The first-order valence-electron chi connectivity index (χ1n) is 6.88. The largest absolute Gasteiger partial charge is 0.387 e. The van der Waals surface area contributed by atoms with E-state index in [2.05, 4.69) is 13.0 Å². The topological polar surface area (TPSA) is 44.0 Å². The molecular weight excluding hydrogens is 241 g/mol. The molecule has 0 radical (unpaired) electrons. The molecule has 3 atom stereocenters. The van der Waals surface area contributed by atoms with Gasteiger partial charge in [0.2, 0.25) is 0 Å². The molecule has 1 N–H and O–H groups in total. The fraction of sp³-hybridized carbons (Fsp3) is 0.562. The third kappa shape index (κ3) is 2.50. The molecule has 3 heteroatoms. The third-order valence-corrected chi connectivity index (χ3v) is 4.42. The summed E-state index contributed by atoms with van der Waals surface area (Å²) in [5.74, 6) is 0.0369. The van der Waals surface area contributed by atoms with Crippen LogP contribution in [0.15, 0.2) is 18.2 Å². The van der Waals surface area contributed by atoms with Gasteiger partial charge in [-0.2, -0.15) is 5.26 Å². The lowest BCUT2D eigenvalue weighted by Crippen LogP contribution is -2.25. The van der Waals surface area contributed by atoms with Crippen LogP contribution < -0.4 is 0 Å². The van der Waals surface area contributed by atoms with Gasteiger partial charge in [-0.05, 0) is 38.2 Å². The van der Waals surface area contributed by atoms with Crippen molar-refractivity contribution >= 4 is 0 Å². The second kappa shape index (κ2) is 5.30. The minimum Gasteiger partial charge on any atom is -0.387 e. The Kier molecular flexibility index (Phi) is 3.91. The zero-order valence-electron chi connectivity index (χ0n) is 11.5. The van der Waals surface area contributed by atoms with Gasteiger partial charge in [0, 0.05) is 5.56 Å². The van der Waals surface area contributed by atoms with Gasteiger partial charge in [0.25, 0.3) is 0 Å². The average molecular weight is 261 g/mol. The molecule has 0 aromatic heterocycles. The number of hydrogen-bond acceptors (Lipinski definition) is 2. The molecule has 2 rings (SSSR count). The summed E-state index contributed by atoms with van der Waals surface area (Å²) in [6.07, 6.45) is 2.22. The van der Waals surface area contributed by atoms with Gasteiger partial charge in [0.05, 0.1) is 11.5 Å². The zero-order valence-corrected chi connectivity index (χ0v) is 11.5. The van der Waals surface area contributed by atoms with E-state index in [1.54, 1.807) is 12.1 Å². The number of rotatable bonds is 3. The first-order valence-corrected chi connectivity index (χ1v) is 6.88. The van der Waals surface area contributed by atoms with Gasteiger partial charge < -0.3 is 5.11 Å². The highest BCUT2D eigenvalue weighted by atomic mass is 19.1. The predicted octanol–water partition coefficient (Wildman–Crippen LogP) is 3.89. The summed E-state index contributed by atoms with van der Waals surface area (Å²) in [5, 5.41) is 20.0. The second-order valence-corrected chi connectivity index (χ2v) is 5.71. The lowest BCUT2D eigenvalue weighted by Gasteiger charge is -2.28. The monoisotopic (exact) mass is 261 g/mol. The van der Waals surface area contributed by atoms with Crippen molar-refractivity contribution in [1.29, 1.82) is 5.26 Å². The van der Waals surface area contributed by atoms with Gasteiger partial charge in [0.15, 0.2) is 0 Å². The minimum absolute atomic E-state index is 0.262. The molecule has 19 heavy (non-hydrogen) atoms. The molecule has 0 saturated heterocycles. The van der Waals surface area contributed by atoms with Crippen LogP contribution in [0.5, 0.6) is 0 Å². The van der Waals surface area contributed by atoms with E-state index in [-0.39, 0.29) is 5.56 Å². The molecule has 0 bridgehead atoms. The number of aryl methyl sites for hydroxylation is 1. The van der Waals surface area contributed by atoms with E-state index < -0.39 is 17.3 Å². The molecule has 1 aliphatic rings. The van der Waals surface area contributed by atoms with Gasteiger partial charge in [-0.3, -0.25) is 0 Å². The highest BCUT2D eigenvalue weighted by Gasteiger charge is 2.45. The average Bonchev–Trinajstić information content (AvgIpc) is 2.85. The zero-order chi connectivity index (χ0) is 14.0. The van der Waals surface area contributed by atoms with E-state index in [1.165, 1.54) is 6.07 Å². The van der Waals surface area contributed by atoms with Gasteiger partial charge >= 0.3 is 0 Å². The smallest absolute Gasteiger partial charge is 0.129 e. The van der Waals surface area contributed by atoms with Crippen molar-refractivity contribution < 1.29 is 9.50 Å². The Labute approximate surface area is 113 Å². The standard InChI is InChI=1S/C16H20FNO/c1-3-12-6-7-16(9-12,10-18)15(19)13-8-11(2)4-5-14(13)17/h4-5,8,12,15,19H,3,6-7,9H2,1-2H3. The van der Waals surface area contributed by atoms with E-state index in [0.29, 0.717) is 18.8 Å². The maximum Gasteiger partial charge on any atom is 0.129 e. The van der Waals surface area contributed by atoms with E-state index in [4.69, 9.17) is 0 Å². The Morgan fingerprint density at radius 2 is 2.32 bits per heavy atom. The van der Waals surface area contributed by atoms with Gasteiger partial charge in [-0.15, -0.1) is 0 Å². The summed E-state index contributed by atoms with van der Waals surface area (Å²) in [6.45, 7) is 3.95. The Hall–Kier alpha value is -1.40. The molecule has 1 fully saturated rings. The van der Waals surface area contributed by atoms with E-state index in [9.17, 15) is 14.8 Å². The molecule has 1 saturated carbocycles. The SMILES string of the molecule is CCC1CCC(C#N)(C(O)c2cc(C)ccc2F)C1. The van der Waals surface area contributed by atoms with E-state index >= 15 is 0 Å². The van der Waals surface area contributed by atoms with Gasteiger partial charge in [-0.1, -0.05) is 31.0 Å². The van der Waals surface area contributed by atoms with Crippen molar-refractivity contribution in [2.75, 3.05) is 0 Å². The van der Waals surface area contributed by atoms with E-state index in [1.807, 2.05) is 6.92 Å². The van der Waals surface area contributed by atoms with Crippen molar-refractivity contribution in [3.05, 3.63) is 35.1 Å². The highest BCUT2D eigenvalue weighted by Crippen LogP contribution is 2.50. The second-order valence-electron chi connectivity index (χ2n) is 5.71. The van der Waals surface area contributed by atoms with Crippen molar-refractivity contribution in [2.24, 2.45) is 11.3 Å². The molecule has 1 aromatic rings. The number of halogens is 1. The number of nitrogens with zero attached hydrogens (tertiary/aromatic N) is 1. The molecule has 2 nitrogen and oxygen atoms in total. The Balaban J connectivity index is 2.34. The van der Waals surface area contributed by atoms with Crippen molar-refractivity contribution in [1.82, 2.24) is 0 Å². The maximum absolute atomic E-state index is 13.9. The molecule has 1 aliphatic carbocycles. The first-order chi connectivity index (χ1) is 9.02. The summed E-state index contributed by atoms with van der Waals surface area (Å²) in [6, 6.07) is 6.96. The molecule has 3 unspecified atom stereocenters. The number of aliphatic hydroxyl groups is 1. The number of aliphatic hydroxyl groups excluding tert-OH is 1. The fourth-order valence-electron chi connectivity index (χ4n) is 3.11. The lowest BCUT2D eigenvalue weighted by atomic mass is 9.77. The molecule has 102 valence electrons. The highest BCUT2D eigenvalue weighted by molar-refractivity contribution is 5.29. The van der Waals surface area contributed by atoms with Crippen molar-refractivity contribution in [2.45, 2.75) is 45.6 Å². The maximum atomic E-state index is 13.9. The Morgan fingerprint density at radius 3 is 2.89 bits per heavy atom. The summed E-state index contributed by atoms with van der Waals surface area (Å²) < 4.78 is 13.9. The van der Waals surface area contributed by atoms with Crippen LogP contribution in [0.25, 0.3) is 0 Å². The van der Waals surface area contributed by atoms with Crippen LogP contribution in [0.1, 0.15) is 49.8 Å². The minimum atomic E-state index is -1.03. The van der Waals surface area contributed by atoms with Crippen LogP contribution in [0.3, 0.4) is 0 Å². The molecule has 0 spiro atoms. The normalized spacial score (nSPS) is 28.1. The predicted molar refractivity (Wildman–Crippen MR) is 71.8 cm³/mol. The van der Waals surface area contributed by atoms with Crippen molar-refractivity contribution in [3.63, 3.8) is 0 Å². The van der Waals surface area contributed by atoms with Crippen LogP contribution in [-0.4, -0.2) is 5.11 Å². The van der Waals surface area contributed by atoms with Crippen LogP contribution in [0.2, 0.25) is 0 Å². The summed E-state index contributed by atoms with van der Waals surface area (Å²) in [5.41, 5.74) is 0.335. The summed E-state index contributed by atoms with van der Waals surface area (Å²) in [7, 11) is 0. The van der Waals surface area contributed by atoms with Gasteiger partial charge in [-0.25, -0.2) is 4.39 Å². The van der Waals surface area contributed by atoms with Crippen molar-refractivity contribution in [3.8, 4) is 6.07 Å². The number of hydrogen-bond donors (Lipinski definition) is 1.